The molecule has 2 N–H and O–H groups in total. The van der Waals surface area contributed by atoms with E-state index in [4.69, 9.17) is 15.6 Å². The highest BCUT2D eigenvalue weighted by atomic mass is 16.5. The summed E-state index contributed by atoms with van der Waals surface area (Å²) in [4.78, 5) is 2.61. The van der Waals surface area contributed by atoms with E-state index in [1.165, 1.54) is 26.1 Å². The van der Waals surface area contributed by atoms with Crippen LogP contribution in [0.3, 0.4) is 0 Å². The summed E-state index contributed by atoms with van der Waals surface area (Å²) in [6.45, 7) is 12.4. The fourth-order valence-corrected chi connectivity index (χ4v) is 4.45. The van der Waals surface area contributed by atoms with Gasteiger partial charge in [0.15, 0.2) is 0 Å². The Balaban J connectivity index is 1.43. The average molecular weight is 386 g/mol. The van der Waals surface area contributed by atoms with Gasteiger partial charge in [-0.3, -0.25) is 10.1 Å². The molecule has 2 fully saturated rings. The summed E-state index contributed by atoms with van der Waals surface area (Å²) >= 11 is 0. The molecule has 1 aliphatic carbocycles. The standard InChI is InChI=1S/C22H35N5O/c1-15-19(14-26(5)25-15)20(23)6-7-21(24)28-18-10-16-12-27(13-17(16)11-18)9-8-22(2,3)4/h6-7,14,16-18,23-24H,8-13H2,1-5H3/b7-6-,23-20?,24-21?/t16-,17?,18?/m0/s1. The van der Waals surface area contributed by atoms with Crippen LogP contribution in [0.4, 0.5) is 0 Å². The van der Waals surface area contributed by atoms with E-state index in [1.807, 2.05) is 20.2 Å². The Hall–Kier alpha value is -1.95. The number of aryl methyl sites for hydroxylation is 2. The van der Waals surface area contributed by atoms with E-state index in [0.717, 1.165) is 24.1 Å². The Kier molecular flexibility index (Phi) is 6.08. The quantitative estimate of drug-likeness (QED) is 0.578. The number of likely N-dealkylation sites (tertiary alicyclic amines) is 1. The second-order valence-corrected chi connectivity index (χ2v) is 9.71. The van der Waals surface area contributed by atoms with E-state index in [-0.39, 0.29) is 12.0 Å². The van der Waals surface area contributed by atoms with Crippen LogP contribution < -0.4 is 0 Å². The van der Waals surface area contributed by atoms with Crippen LogP contribution >= 0.6 is 0 Å². The second-order valence-electron chi connectivity index (χ2n) is 9.71. The fraction of sp³-hybridized carbons (Fsp3) is 0.682. The van der Waals surface area contributed by atoms with Crippen molar-refractivity contribution >= 4 is 11.6 Å². The number of fused-ring (bicyclic) bond motifs is 1. The minimum Gasteiger partial charge on any atom is -0.475 e. The van der Waals surface area contributed by atoms with Gasteiger partial charge in [-0.25, -0.2) is 0 Å². The molecule has 0 bridgehead atoms. The maximum atomic E-state index is 8.17. The van der Waals surface area contributed by atoms with E-state index in [0.29, 0.717) is 23.0 Å². The first kappa shape index (κ1) is 20.8. The molecule has 2 aliphatic rings. The molecule has 6 heteroatoms. The van der Waals surface area contributed by atoms with E-state index in [1.54, 1.807) is 16.8 Å². The predicted octanol–water partition coefficient (Wildman–Crippen LogP) is 3.79. The molecule has 1 saturated carbocycles. The van der Waals surface area contributed by atoms with Gasteiger partial charge in [-0.1, -0.05) is 20.8 Å². The molecule has 0 spiro atoms. The van der Waals surface area contributed by atoms with Gasteiger partial charge in [0.05, 0.1) is 11.4 Å². The Labute approximate surface area is 169 Å². The molecule has 0 aromatic carbocycles. The first-order chi connectivity index (χ1) is 13.1. The lowest BCUT2D eigenvalue weighted by Crippen LogP contribution is -2.27. The Morgan fingerprint density at radius 3 is 2.39 bits per heavy atom. The van der Waals surface area contributed by atoms with Gasteiger partial charge < -0.3 is 15.0 Å². The zero-order chi connectivity index (χ0) is 20.5. The number of nitrogens with one attached hydrogen (secondary N) is 2. The zero-order valence-corrected chi connectivity index (χ0v) is 18.0. The van der Waals surface area contributed by atoms with Crippen molar-refractivity contribution in [3.63, 3.8) is 0 Å². The van der Waals surface area contributed by atoms with Crippen molar-refractivity contribution in [2.45, 2.75) is 53.1 Å². The summed E-state index contributed by atoms with van der Waals surface area (Å²) in [6, 6.07) is 0. The highest BCUT2D eigenvalue weighted by Gasteiger charge is 2.41. The number of allylic oxidation sites excluding steroid dienone is 1. The van der Waals surface area contributed by atoms with Crippen molar-refractivity contribution in [2.75, 3.05) is 19.6 Å². The van der Waals surface area contributed by atoms with Gasteiger partial charge in [0.2, 0.25) is 5.90 Å². The van der Waals surface area contributed by atoms with E-state index < -0.39 is 0 Å². The molecule has 2 unspecified atom stereocenters. The third kappa shape index (κ3) is 5.31. The molecule has 0 amide bonds. The van der Waals surface area contributed by atoms with Gasteiger partial charge in [-0.05, 0) is 56.1 Å². The highest BCUT2D eigenvalue weighted by molar-refractivity contribution is 6.09. The van der Waals surface area contributed by atoms with Crippen molar-refractivity contribution in [1.82, 2.24) is 14.7 Å². The Morgan fingerprint density at radius 1 is 1.21 bits per heavy atom. The van der Waals surface area contributed by atoms with Crippen LogP contribution in [0.1, 0.15) is 51.3 Å². The number of hydrogen-bond donors (Lipinski definition) is 2. The Morgan fingerprint density at radius 2 is 1.86 bits per heavy atom. The molecule has 3 atom stereocenters. The molecular weight excluding hydrogens is 350 g/mol. The van der Waals surface area contributed by atoms with Crippen molar-refractivity contribution in [1.29, 1.82) is 10.8 Å². The monoisotopic (exact) mass is 385 g/mol. The lowest BCUT2D eigenvalue weighted by atomic mass is 9.92. The third-order valence-corrected chi connectivity index (χ3v) is 5.96. The molecule has 3 rings (SSSR count). The highest BCUT2D eigenvalue weighted by Crippen LogP contribution is 2.39. The fourth-order valence-electron chi connectivity index (χ4n) is 4.45. The van der Waals surface area contributed by atoms with Crippen LogP contribution in [-0.2, 0) is 11.8 Å². The summed E-state index contributed by atoms with van der Waals surface area (Å²) in [5.41, 5.74) is 2.37. The molecule has 1 aliphatic heterocycles. The number of ether oxygens (including phenoxy) is 1. The maximum absolute atomic E-state index is 8.17. The molecule has 1 saturated heterocycles. The normalized spacial score (nSPS) is 25.4. The maximum Gasteiger partial charge on any atom is 0.206 e. The zero-order valence-electron chi connectivity index (χ0n) is 18.0. The van der Waals surface area contributed by atoms with Gasteiger partial charge in [0.1, 0.15) is 6.10 Å². The lowest BCUT2D eigenvalue weighted by Gasteiger charge is -2.24. The first-order valence-corrected chi connectivity index (χ1v) is 10.4. The minimum absolute atomic E-state index is 0.145. The molecule has 154 valence electrons. The van der Waals surface area contributed by atoms with Crippen molar-refractivity contribution < 1.29 is 4.74 Å². The molecular formula is C22H35N5O. The van der Waals surface area contributed by atoms with Gasteiger partial charge in [0, 0.05) is 38.0 Å². The van der Waals surface area contributed by atoms with Crippen LogP contribution in [-0.4, -0.2) is 52.0 Å². The molecule has 0 radical (unpaired) electrons. The van der Waals surface area contributed by atoms with Gasteiger partial charge in [0.25, 0.3) is 0 Å². The van der Waals surface area contributed by atoms with Gasteiger partial charge >= 0.3 is 0 Å². The summed E-state index contributed by atoms with van der Waals surface area (Å²) < 4.78 is 7.58. The van der Waals surface area contributed by atoms with Crippen LogP contribution in [0.15, 0.2) is 18.3 Å². The second kappa shape index (κ2) is 8.19. The van der Waals surface area contributed by atoms with Crippen LogP contribution in [0, 0.1) is 35.0 Å². The average Bonchev–Trinajstić information content (AvgIpc) is 3.22. The third-order valence-electron chi connectivity index (χ3n) is 5.96. The molecule has 6 nitrogen and oxygen atoms in total. The van der Waals surface area contributed by atoms with Crippen LogP contribution in [0.25, 0.3) is 0 Å². The smallest absolute Gasteiger partial charge is 0.206 e. The van der Waals surface area contributed by atoms with E-state index in [2.05, 4.69) is 30.8 Å². The van der Waals surface area contributed by atoms with E-state index in [9.17, 15) is 0 Å². The van der Waals surface area contributed by atoms with Gasteiger partial charge in [-0.15, -0.1) is 0 Å². The molecule has 28 heavy (non-hydrogen) atoms. The Bertz CT molecular complexity index is 743. The number of nitrogens with zero attached hydrogens (tertiary/aromatic N) is 3. The number of aromatic nitrogens is 2. The number of rotatable bonds is 6. The predicted molar refractivity (Wildman–Crippen MR) is 113 cm³/mol. The SMILES string of the molecule is Cc1nn(C)cc1C(=N)/C=C\C(=N)OC1CC2CN(CCC(C)(C)C)C[C@@H]2C1. The summed E-state index contributed by atoms with van der Waals surface area (Å²) in [5.74, 6) is 1.57. The largest absolute Gasteiger partial charge is 0.475 e. The van der Waals surface area contributed by atoms with Crippen molar-refractivity contribution in [3.8, 4) is 0 Å². The lowest BCUT2D eigenvalue weighted by molar-refractivity contribution is 0.170. The van der Waals surface area contributed by atoms with Crippen LogP contribution in [0.5, 0.6) is 0 Å². The minimum atomic E-state index is 0.145. The van der Waals surface area contributed by atoms with Crippen molar-refractivity contribution in [3.05, 3.63) is 29.6 Å². The topological polar surface area (TPSA) is 78.0 Å². The number of hydrogen-bond acceptors (Lipinski definition) is 5. The van der Waals surface area contributed by atoms with Crippen molar-refractivity contribution in [2.24, 2.45) is 24.3 Å². The summed E-state index contributed by atoms with van der Waals surface area (Å²) in [5, 5.41) is 20.5. The molecule has 2 heterocycles. The molecule has 1 aromatic rings. The molecule has 1 aromatic heterocycles. The summed E-state index contributed by atoms with van der Waals surface area (Å²) in [7, 11) is 1.85. The van der Waals surface area contributed by atoms with E-state index >= 15 is 0 Å². The first-order valence-electron chi connectivity index (χ1n) is 10.4. The van der Waals surface area contributed by atoms with Crippen LogP contribution in [0.2, 0.25) is 0 Å². The summed E-state index contributed by atoms with van der Waals surface area (Å²) in [6.07, 6.45) is 8.54. The van der Waals surface area contributed by atoms with Gasteiger partial charge in [-0.2, -0.15) is 5.10 Å².